The number of aromatic hydroxyl groups is 1. The quantitative estimate of drug-likeness (QED) is 0.587. The number of aryl methyl sites for hydroxylation is 1. The highest BCUT2D eigenvalue weighted by Gasteiger charge is 2.33. The van der Waals surface area contributed by atoms with Crippen molar-refractivity contribution >= 4 is 29.9 Å². The highest BCUT2D eigenvalue weighted by molar-refractivity contribution is 8.34. The molecule has 0 spiro atoms. The van der Waals surface area contributed by atoms with Gasteiger partial charge in [-0.3, -0.25) is 0 Å². The van der Waals surface area contributed by atoms with Crippen molar-refractivity contribution in [1.82, 2.24) is 0 Å². The predicted octanol–water partition coefficient (Wildman–Crippen LogP) is 3.00. The number of phenolic OH excluding ortho intramolecular Hbond substituents is 1. The maximum atomic E-state index is 9.62. The monoisotopic (exact) mass is 330 g/mol. The second-order valence-electron chi connectivity index (χ2n) is 6.00. The zero-order chi connectivity index (χ0) is 16.1. The molecule has 1 aromatic rings. The summed E-state index contributed by atoms with van der Waals surface area (Å²) in [4.78, 5) is -0.0843. The van der Waals surface area contributed by atoms with Crippen LogP contribution in [0.1, 0.15) is 18.9 Å². The van der Waals surface area contributed by atoms with Crippen LogP contribution in [0.3, 0.4) is 0 Å². The van der Waals surface area contributed by atoms with Crippen LogP contribution in [-0.2, 0) is 10.6 Å². The summed E-state index contributed by atoms with van der Waals surface area (Å²) in [6, 6.07) is 5.58. The van der Waals surface area contributed by atoms with Crippen LogP contribution in [0.15, 0.2) is 18.2 Å². The van der Waals surface area contributed by atoms with Gasteiger partial charge in [-0.1, -0.05) is 6.07 Å². The first kappa shape index (κ1) is 18.6. The number of ether oxygens (including phenoxy) is 1. The second kappa shape index (κ2) is 7.70. The zero-order valence-electron chi connectivity index (χ0n) is 13.9. The van der Waals surface area contributed by atoms with Crippen LogP contribution in [0, 0.1) is 0 Å². The lowest BCUT2D eigenvalue weighted by molar-refractivity contribution is 0.317. The Morgan fingerprint density at radius 1 is 1.38 bits per heavy atom. The summed E-state index contributed by atoms with van der Waals surface area (Å²) >= 11 is 1.45. The molecule has 1 unspecified atom stereocenters. The first-order valence-electron chi connectivity index (χ1n) is 7.02. The van der Waals surface area contributed by atoms with E-state index in [-0.39, 0.29) is 10.6 Å². The topological polar surface area (TPSA) is 38.7 Å². The van der Waals surface area contributed by atoms with Crippen molar-refractivity contribution in [3.05, 3.63) is 23.8 Å². The number of phenols is 1. The standard InChI is InChI=1S/C15H27BO3S2/c1-15(16,19-20-3)21(4,5)10-6-7-12-8-9-13(17)14(11-12)18-2/h8-9,11,17H,6-7,10,16H2,1-5H3. The van der Waals surface area contributed by atoms with E-state index in [1.807, 2.05) is 18.4 Å². The van der Waals surface area contributed by atoms with E-state index < -0.39 is 10.0 Å². The molecule has 21 heavy (non-hydrogen) atoms. The number of hydrogen-bond donors (Lipinski definition) is 1. The van der Waals surface area contributed by atoms with Crippen molar-refractivity contribution in [2.75, 3.05) is 31.6 Å². The van der Waals surface area contributed by atoms with E-state index in [9.17, 15) is 5.11 Å². The molecule has 0 aliphatic heterocycles. The van der Waals surface area contributed by atoms with Gasteiger partial charge in [0.1, 0.15) is 0 Å². The number of methoxy groups -OCH3 is 1. The fourth-order valence-electron chi connectivity index (χ4n) is 2.05. The Bertz CT molecular complexity index is 464. The summed E-state index contributed by atoms with van der Waals surface area (Å²) in [7, 11) is 2.92. The normalized spacial score (nSPS) is 15.5. The van der Waals surface area contributed by atoms with E-state index >= 15 is 0 Å². The predicted molar refractivity (Wildman–Crippen MR) is 98.8 cm³/mol. The maximum absolute atomic E-state index is 9.62. The van der Waals surface area contributed by atoms with Crippen LogP contribution in [0.2, 0.25) is 0 Å². The molecule has 0 amide bonds. The SMILES string of the molecule is BC(C)(OSC)S(C)(C)CCCc1ccc(O)c(OC)c1. The van der Waals surface area contributed by atoms with Gasteiger partial charge in [0.2, 0.25) is 0 Å². The van der Waals surface area contributed by atoms with Crippen LogP contribution in [0.4, 0.5) is 0 Å². The van der Waals surface area contributed by atoms with Gasteiger partial charge >= 0.3 is 0 Å². The molecule has 1 aromatic carbocycles. The second-order valence-corrected chi connectivity index (χ2v) is 11.0. The molecule has 0 aliphatic carbocycles. The lowest BCUT2D eigenvalue weighted by Crippen LogP contribution is -2.34. The highest BCUT2D eigenvalue weighted by Crippen LogP contribution is 2.53. The van der Waals surface area contributed by atoms with Crippen LogP contribution in [-0.4, -0.2) is 49.4 Å². The molecule has 1 atom stereocenters. The van der Waals surface area contributed by atoms with E-state index in [1.54, 1.807) is 13.2 Å². The maximum Gasteiger partial charge on any atom is 0.160 e. The van der Waals surface area contributed by atoms with Crippen LogP contribution in [0.5, 0.6) is 11.5 Å². The lowest BCUT2D eigenvalue weighted by Gasteiger charge is -2.46. The minimum absolute atomic E-state index is 0.0843. The Hall–Kier alpha value is -0.455. The largest absolute Gasteiger partial charge is 0.504 e. The van der Waals surface area contributed by atoms with Crippen LogP contribution < -0.4 is 4.74 Å². The van der Waals surface area contributed by atoms with Gasteiger partial charge in [0.05, 0.1) is 11.9 Å². The molecule has 1 N–H and O–H groups in total. The van der Waals surface area contributed by atoms with Gasteiger partial charge in [0, 0.05) is 6.26 Å². The van der Waals surface area contributed by atoms with E-state index in [0.29, 0.717) is 5.75 Å². The molecule has 0 saturated heterocycles. The minimum atomic E-state index is -0.840. The molecule has 0 aromatic heterocycles. The Morgan fingerprint density at radius 2 is 2.05 bits per heavy atom. The number of rotatable bonds is 8. The lowest BCUT2D eigenvalue weighted by atomic mass is 10.0. The average Bonchev–Trinajstić information content (AvgIpc) is 2.40. The van der Waals surface area contributed by atoms with Crippen LogP contribution >= 0.6 is 22.1 Å². The molecule has 0 fully saturated rings. The van der Waals surface area contributed by atoms with Crippen molar-refractivity contribution < 1.29 is 14.0 Å². The minimum Gasteiger partial charge on any atom is -0.504 e. The number of hydrogen-bond acceptors (Lipinski definition) is 4. The van der Waals surface area contributed by atoms with E-state index in [4.69, 9.17) is 8.92 Å². The molecule has 0 radical (unpaired) electrons. The number of benzene rings is 1. The molecular formula is C15H27BO3S2. The summed E-state index contributed by atoms with van der Waals surface area (Å²) in [6.45, 7) is 2.18. The average molecular weight is 330 g/mol. The van der Waals surface area contributed by atoms with E-state index in [1.165, 1.54) is 17.6 Å². The molecule has 6 heteroatoms. The summed E-state index contributed by atoms with van der Waals surface area (Å²) in [6.07, 6.45) is 8.74. The van der Waals surface area contributed by atoms with Gasteiger partial charge in [-0.15, -0.1) is 0 Å². The summed E-state index contributed by atoms with van der Waals surface area (Å²) in [5.41, 5.74) is 1.20. The fourth-order valence-corrected chi connectivity index (χ4v) is 4.75. The Balaban J connectivity index is 2.60. The van der Waals surface area contributed by atoms with Gasteiger partial charge in [0.25, 0.3) is 0 Å². The Morgan fingerprint density at radius 3 is 2.62 bits per heavy atom. The Labute approximate surface area is 135 Å². The smallest absolute Gasteiger partial charge is 0.160 e. The Kier molecular flexibility index (Phi) is 6.82. The first-order valence-corrected chi connectivity index (χ1v) is 10.8. The van der Waals surface area contributed by atoms with Gasteiger partial charge in [-0.25, -0.2) is 10.0 Å². The third-order valence-electron chi connectivity index (χ3n) is 3.98. The molecular weight excluding hydrogens is 303 g/mol. The van der Waals surface area contributed by atoms with Crippen molar-refractivity contribution in [1.29, 1.82) is 0 Å². The van der Waals surface area contributed by atoms with Crippen LogP contribution in [0.25, 0.3) is 0 Å². The first-order chi connectivity index (χ1) is 9.73. The third-order valence-corrected chi connectivity index (χ3v) is 8.72. The molecule has 0 heterocycles. The molecule has 0 aliphatic rings. The van der Waals surface area contributed by atoms with Crippen molar-refractivity contribution in [2.24, 2.45) is 0 Å². The summed E-state index contributed by atoms with van der Waals surface area (Å²) in [5.74, 6) is 1.90. The van der Waals surface area contributed by atoms with Crippen molar-refractivity contribution in [3.8, 4) is 11.5 Å². The van der Waals surface area contributed by atoms with E-state index in [0.717, 1.165) is 18.6 Å². The highest BCUT2D eigenvalue weighted by atomic mass is 32.3. The summed E-state index contributed by atoms with van der Waals surface area (Å²) in [5, 5.41) is 9.62. The van der Waals surface area contributed by atoms with Gasteiger partial charge in [-0.2, -0.15) is 0 Å². The summed E-state index contributed by atoms with van der Waals surface area (Å²) < 4.78 is 11.0. The van der Waals surface area contributed by atoms with Gasteiger partial charge < -0.3 is 14.0 Å². The van der Waals surface area contributed by atoms with Gasteiger partial charge in [-0.05, 0) is 67.8 Å². The molecule has 120 valence electrons. The fraction of sp³-hybridized carbons (Fsp3) is 0.600. The molecule has 0 saturated carbocycles. The van der Waals surface area contributed by atoms with E-state index in [2.05, 4.69) is 27.3 Å². The van der Waals surface area contributed by atoms with Gasteiger partial charge in [0.15, 0.2) is 19.3 Å². The van der Waals surface area contributed by atoms with Crippen molar-refractivity contribution in [3.63, 3.8) is 0 Å². The molecule has 1 rings (SSSR count). The molecule has 3 nitrogen and oxygen atoms in total. The third kappa shape index (κ3) is 5.04. The molecule has 0 bridgehead atoms. The zero-order valence-corrected chi connectivity index (χ0v) is 15.6. The van der Waals surface area contributed by atoms with Crippen molar-refractivity contribution in [2.45, 2.75) is 24.6 Å².